The van der Waals surface area contributed by atoms with Crippen molar-refractivity contribution < 1.29 is 9.84 Å². The normalized spacial score (nSPS) is 16.5. The van der Waals surface area contributed by atoms with Crippen LogP contribution in [0.2, 0.25) is 0 Å². The van der Waals surface area contributed by atoms with E-state index in [-0.39, 0.29) is 12.1 Å². The highest BCUT2D eigenvalue weighted by molar-refractivity contribution is 4.82. The molecule has 0 saturated carbocycles. The monoisotopic (exact) mass is 175 g/mol. The van der Waals surface area contributed by atoms with E-state index in [4.69, 9.17) is 9.84 Å². The van der Waals surface area contributed by atoms with E-state index >= 15 is 0 Å². The predicted molar refractivity (Wildman–Crippen MR) is 50.2 cm³/mol. The summed E-state index contributed by atoms with van der Waals surface area (Å²) >= 11 is 0. The molecule has 3 heteroatoms. The lowest BCUT2D eigenvalue weighted by Crippen LogP contribution is -2.50. The first kappa shape index (κ1) is 11.9. The number of ether oxygens (including phenoxy) is 1. The van der Waals surface area contributed by atoms with Gasteiger partial charge in [0.05, 0.1) is 18.8 Å². The van der Waals surface area contributed by atoms with Gasteiger partial charge in [0, 0.05) is 7.11 Å². The van der Waals surface area contributed by atoms with Gasteiger partial charge in [-0.25, -0.2) is 0 Å². The summed E-state index contributed by atoms with van der Waals surface area (Å²) in [5.74, 6) is 0.590. The largest absolute Gasteiger partial charge is 0.394 e. The first-order chi connectivity index (χ1) is 5.54. The number of nitrogens with one attached hydrogen (secondary N) is 1. The van der Waals surface area contributed by atoms with Gasteiger partial charge in [0.1, 0.15) is 0 Å². The number of methoxy groups -OCH3 is 1. The standard InChI is InChI=1S/C9H21NO2/c1-8(2)5-10-9(3,6-11)7-12-4/h8,10-11H,5-7H2,1-4H3. The molecule has 0 aromatic rings. The zero-order valence-corrected chi connectivity index (χ0v) is 8.55. The molecule has 0 fully saturated rings. The Morgan fingerprint density at radius 1 is 1.50 bits per heavy atom. The van der Waals surface area contributed by atoms with Crippen molar-refractivity contribution in [3.05, 3.63) is 0 Å². The van der Waals surface area contributed by atoms with Crippen LogP contribution in [0.25, 0.3) is 0 Å². The fourth-order valence-electron chi connectivity index (χ4n) is 0.922. The highest BCUT2D eigenvalue weighted by Crippen LogP contribution is 2.03. The summed E-state index contributed by atoms with van der Waals surface area (Å²) in [7, 11) is 1.64. The maximum Gasteiger partial charge on any atom is 0.0664 e. The minimum absolute atomic E-state index is 0.105. The Hall–Kier alpha value is -0.120. The molecule has 0 saturated heterocycles. The molecule has 12 heavy (non-hydrogen) atoms. The molecule has 0 radical (unpaired) electrons. The van der Waals surface area contributed by atoms with Crippen molar-refractivity contribution in [2.75, 3.05) is 26.9 Å². The summed E-state index contributed by atoms with van der Waals surface area (Å²) in [5, 5.41) is 12.4. The molecule has 0 aliphatic heterocycles. The molecule has 0 aromatic carbocycles. The van der Waals surface area contributed by atoms with Gasteiger partial charge in [0.15, 0.2) is 0 Å². The molecule has 0 rings (SSSR count). The third-order valence-electron chi connectivity index (χ3n) is 1.75. The molecule has 3 nitrogen and oxygen atoms in total. The lowest BCUT2D eigenvalue weighted by molar-refractivity contribution is 0.0715. The number of rotatable bonds is 6. The molecule has 0 aliphatic carbocycles. The quantitative estimate of drug-likeness (QED) is 0.622. The Morgan fingerprint density at radius 3 is 2.42 bits per heavy atom. The first-order valence-corrected chi connectivity index (χ1v) is 4.39. The van der Waals surface area contributed by atoms with E-state index in [9.17, 15) is 0 Å². The smallest absolute Gasteiger partial charge is 0.0664 e. The summed E-state index contributed by atoms with van der Waals surface area (Å²) in [5.41, 5.74) is -0.293. The predicted octanol–water partition coefficient (Wildman–Crippen LogP) is 0.629. The van der Waals surface area contributed by atoms with E-state index in [1.165, 1.54) is 0 Å². The second-order valence-electron chi connectivity index (χ2n) is 3.93. The Labute approximate surface area is 75.1 Å². The van der Waals surface area contributed by atoms with Crippen molar-refractivity contribution in [1.29, 1.82) is 0 Å². The summed E-state index contributed by atoms with van der Waals surface area (Å²) < 4.78 is 5.01. The van der Waals surface area contributed by atoms with Crippen LogP contribution in [0.1, 0.15) is 20.8 Å². The van der Waals surface area contributed by atoms with Crippen LogP contribution in [0.3, 0.4) is 0 Å². The Balaban J connectivity index is 3.78. The Kier molecular flexibility index (Phi) is 5.46. The highest BCUT2D eigenvalue weighted by atomic mass is 16.5. The second kappa shape index (κ2) is 5.51. The second-order valence-corrected chi connectivity index (χ2v) is 3.93. The molecule has 0 amide bonds. The van der Waals surface area contributed by atoms with Crippen LogP contribution < -0.4 is 5.32 Å². The van der Waals surface area contributed by atoms with Crippen LogP contribution in [0.15, 0.2) is 0 Å². The molecule has 0 aromatic heterocycles. The van der Waals surface area contributed by atoms with E-state index in [0.717, 1.165) is 6.54 Å². The van der Waals surface area contributed by atoms with Gasteiger partial charge in [-0.1, -0.05) is 13.8 Å². The van der Waals surface area contributed by atoms with Crippen molar-refractivity contribution in [2.45, 2.75) is 26.3 Å². The Bertz CT molecular complexity index is 117. The van der Waals surface area contributed by atoms with E-state index in [2.05, 4.69) is 19.2 Å². The third-order valence-corrected chi connectivity index (χ3v) is 1.75. The van der Waals surface area contributed by atoms with Crippen molar-refractivity contribution in [1.82, 2.24) is 5.32 Å². The van der Waals surface area contributed by atoms with Crippen LogP contribution in [-0.4, -0.2) is 37.5 Å². The molecule has 0 bridgehead atoms. The fraction of sp³-hybridized carbons (Fsp3) is 1.00. The highest BCUT2D eigenvalue weighted by Gasteiger charge is 2.22. The third kappa shape index (κ3) is 4.70. The maximum absolute atomic E-state index is 9.09. The zero-order valence-electron chi connectivity index (χ0n) is 8.55. The van der Waals surface area contributed by atoms with Crippen molar-refractivity contribution in [3.63, 3.8) is 0 Å². The van der Waals surface area contributed by atoms with Crippen molar-refractivity contribution in [2.24, 2.45) is 5.92 Å². The molecular weight excluding hydrogens is 154 g/mol. The van der Waals surface area contributed by atoms with Crippen LogP contribution in [0.5, 0.6) is 0 Å². The lowest BCUT2D eigenvalue weighted by Gasteiger charge is -2.28. The van der Waals surface area contributed by atoms with Gasteiger partial charge in [0.2, 0.25) is 0 Å². The number of aliphatic hydroxyl groups is 1. The molecule has 1 unspecified atom stereocenters. The molecule has 0 aliphatic rings. The van der Waals surface area contributed by atoms with E-state index in [1.54, 1.807) is 7.11 Å². The van der Waals surface area contributed by atoms with Gasteiger partial charge >= 0.3 is 0 Å². The van der Waals surface area contributed by atoms with Gasteiger partial charge in [0.25, 0.3) is 0 Å². The summed E-state index contributed by atoms with van der Waals surface area (Å²) in [6.07, 6.45) is 0. The summed E-state index contributed by atoms with van der Waals surface area (Å²) in [4.78, 5) is 0. The number of aliphatic hydroxyl groups excluding tert-OH is 1. The van der Waals surface area contributed by atoms with E-state index in [1.807, 2.05) is 6.92 Å². The fourth-order valence-corrected chi connectivity index (χ4v) is 0.922. The molecule has 0 heterocycles. The average molecular weight is 175 g/mol. The summed E-state index contributed by atoms with van der Waals surface area (Å²) in [6, 6.07) is 0. The van der Waals surface area contributed by atoms with E-state index < -0.39 is 0 Å². The van der Waals surface area contributed by atoms with Crippen LogP contribution >= 0.6 is 0 Å². The molecular formula is C9H21NO2. The van der Waals surface area contributed by atoms with Gasteiger partial charge in [-0.3, -0.25) is 0 Å². The molecule has 74 valence electrons. The maximum atomic E-state index is 9.09. The Morgan fingerprint density at radius 2 is 2.08 bits per heavy atom. The van der Waals surface area contributed by atoms with Gasteiger partial charge in [-0.05, 0) is 19.4 Å². The van der Waals surface area contributed by atoms with Gasteiger partial charge in [-0.2, -0.15) is 0 Å². The topological polar surface area (TPSA) is 41.5 Å². The van der Waals surface area contributed by atoms with Crippen molar-refractivity contribution >= 4 is 0 Å². The summed E-state index contributed by atoms with van der Waals surface area (Å²) in [6.45, 7) is 7.78. The minimum Gasteiger partial charge on any atom is -0.394 e. The number of hydrogen-bond donors (Lipinski definition) is 2. The molecule has 1 atom stereocenters. The molecule has 2 N–H and O–H groups in total. The van der Waals surface area contributed by atoms with Crippen LogP contribution in [0.4, 0.5) is 0 Å². The number of hydrogen-bond acceptors (Lipinski definition) is 3. The van der Waals surface area contributed by atoms with Gasteiger partial charge < -0.3 is 15.2 Å². The van der Waals surface area contributed by atoms with Gasteiger partial charge in [-0.15, -0.1) is 0 Å². The van der Waals surface area contributed by atoms with Crippen LogP contribution in [-0.2, 0) is 4.74 Å². The van der Waals surface area contributed by atoms with Crippen molar-refractivity contribution in [3.8, 4) is 0 Å². The average Bonchev–Trinajstić information content (AvgIpc) is 2.02. The zero-order chi connectivity index (χ0) is 9.61. The SMILES string of the molecule is COCC(C)(CO)NCC(C)C. The van der Waals surface area contributed by atoms with E-state index in [0.29, 0.717) is 12.5 Å². The first-order valence-electron chi connectivity index (χ1n) is 4.39. The molecule has 0 spiro atoms. The van der Waals surface area contributed by atoms with Crippen LogP contribution in [0, 0.1) is 5.92 Å². The lowest BCUT2D eigenvalue weighted by atomic mass is 10.0. The minimum atomic E-state index is -0.293.